The van der Waals surface area contributed by atoms with Crippen molar-refractivity contribution < 1.29 is 28.6 Å². The van der Waals surface area contributed by atoms with Crippen LogP contribution in [0.4, 0.5) is 5.82 Å². The standard InChI is InChI=1S/C25H27N3O6/c1-14(2)10-18(23(29)27-21-9-8-15(12-26-21)25(31)33-4)28-13-16-11-17-19(32-3)6-5-7-20(17)34-22(16)24(28)30/h5-9,12,14,18H,10-11,13H2,1-4H3,(H,26,27,29)/t18-/m0/s1. The highest BCUT2D eigenvalue weighted by atomic mass is 16.5. The van der Waals surface area contributed by atoms with Crippen LogP contribution in [0.25, 0.3) is 0 Å². The first-order chi connectivity index (χ1) is 16.3. The van der Waals surface area contributed by atoms with Crippen LogP contribution in [0.2, 0.25) is 0 Å². The molecule has 9 nitrogen and oxygen atoms in total. The van der Waals surface area contributed by atoms with Crippen LogP contribution in [-0.4, -0.2) is 54.5 Å². The van der Waals surface area contributed by atoms with E-state index in [2.05, 4.69) is 15.0 Å². The molecule has 178 valence electrons. The molecule has 0 saturated heterocycles. The minimum absolute atomic E-state index is 0.161. The molecular formula is C25H27N3O6. The molecule has 1 N–H and O–H groups in total. The Morgan fingerprint density at radius 1 is 1.21 bits per heavy atom. The maximum Gasteiger partial charge on any atom is 0.339 e. The van der Waals surface area contributed by atoms with Crippen LogP contribution in [-0.2, 0) is 20.7 Å². The molecule has 2 aromatic rings. The van der Waals surface area contributed by atoms with E-state index in [0.717, 1.165) is 11.1 Å². The summed E-state index contributed by atoms with van der Waals surface area (Å²) in [6, 6.07) is 7.81. The maximum absolute atomic E-state index is 13.3. The van der Waals surface area contributed by atoms with Crippen molar-refractivity contribution in [2.75, 3.05) is 26.1 Å². The first-order valence-corrected chi connectivity index (χ1v) is 11.0. The number of rotatable bonds is 7. The van der Waals surface area contributed by atoms with Crippen molar-refractivity contribution in [2.45, 2.75) is 32.7 Å². The summed E-state index contributed by atoms with van der Waals surface area (Å²) >= 11 is 0. The number of fused-ring (bicyclic) bond motifs is 1. The van der Waals surface area contributed by atoms with Crippen LogP contribution in [0.3, 0.4) is 0 Å². The van der Waals surface area contributed by atoms with Crippen molar-refractivity contribution in [3.05, 3.63) is 59.0 Å². The van der Waals surface area contributed by atoms with Crippen molar-refractivity contribution in [1.82, 2.24) is 9.88 Å². The normalized spacial score (nSPS) is 15.4. The van der Waals surface area contributed by atoms with E-state index in [9.17, 15) is 14.4 Å². The Morgan fingerprint density at radius 3 is 2.65 bits per heavy atom. The van der Waals surface area contributed by atoms with Gasteiger partial charge in [-0.05, 0) is 36.6 Å². The van der Waals surface area contributed by atoms with Crippen LogP contribution in [0.5, 0.6) is 11.5 Å². The number of ether oxygens (including phenoxy) is 3. The van der Waals surface area contributed by atoms with E-state index in [4.69, 9.17) is 9.47 Å². The van der Waals surface area contributed by atoms with Crippen LogP contribution >= 0.6 is 0 Å². The van der Waals surface area contributed by atoms with Gasteiger partial charge >= 0.3 is 5.97 Å². The van der Waals surface area contributed by atoms with Crippen LogP contribution in [0.1, 0.15) is 36.2 Å². The molecule has 2 aliphatic heterocycles. The molecule has 1 atom stereocenters. The average molecular weight is 466 g/mol. The average Bonchev–Trinajstić information content (AvgIpc) is 3.15. The highest BCUT2D eigenvalue weighted by molar-refractivity contribution is 6.02. The minimum atomic E-state index is -0.714. The lowest BCUT2D eigenvalue weighted by molar-refractivity contribution is -0.135. The molecule has 1 aromatic heterocycles. The number of amides is 2. The molecule has 0 radical (unpaired) electrons. The number of methoxy groups -OCH3 is 2. The quantitative estimate of drug-likeness (QED) is 0.627. The molecule has 2 amide bonds. The van der Waals surface area contributed by atoms with Gasteiger partial charge in [-0.1, -0.05) is 19.9 Å². The van der Waals surface area contributed by atoms with Gasteiger partial charge in [-0.25, -0.2) is 9.78 Å². The molecule has 0 spiro atoms. The number of nitrogens with one attached hydrogen (secondary N) is 1. The van der Waals surface area contributed by atoms with Crippen molar-refractivity contribution in [1.29, 1.82) is 0 Å². The van der Waals surface area contributed by atoms with Gasteiger partial charge in [0.2, 0.25) is 5.91 Å². The number of hydrogen-bond acceptors (Lipinski definition) is 7. The van der Waals surface area contributed by atoms with Crippen LogP contribution in [0, 0.1) is 5.92 Å². The van der Waals surface area contributed by atoms with Gasteiger partial charge in [0.1, 0.15) is 23.4 Å². The van der Waals surface area contributed by atoms with Crippen LogP contribution in [0.15, 0.2) is 47.9 Å². The zero-order chi connectivity index (χ0) is 24.4. The summed E-state index contributed by atoms with van der Waals surface area (Å²) in [5, 5.41) is 2.77. The van der Waals surface area contributed by atoms with E-state index in [-0.39, 0.29) is 34.9 Å². The molecule has 9 heteroatoms. The van der Waals surface area contributed by atoms with Crippen molar-refractivity contribution in [3.63, 3.8) is 0 Å². The summed E-state index contributed by atoms with van der Waals surface area (Å²) in [6.07, 6.45) is 2.32. The molecule has 4 rings (SSSR count). The van der Waals surface area contributed by atoms with E-state index in [1.807, 2.05) is 26.0 Å². The van der Waals surface area contributed by atoms with Gasteiger partial charge in [0.25, 0.3) is 5.91 Å². The number of aromatic nitrogens is 1. The first-order valence-electron chi connectivity index (χ1n) is 11.0. The third-order valence-electron chi connectivity index (χ3n) is 5.86. The lowest BCUT2D eigenvalue weighted by Crippen LogP contribution is -2.46. The number of nitrogens with zero attached hydrogens (tertiary/aromatic N) is 2. The van der Waals surface area contributed by atoms with Crippen molar-refractivity contribution >= 4 is 23.6 Å². The summed E-state index contributed by atoms with van der Waals surface area (Å²) < 4.78 is 16.1. The fourth-order valence-electron chi connectivity index (χ4n) is 4.20. The predicted octanol–water partition coefficient (Wildman–Crippen LogP) is 2.96. The van der Waals surface area contributed by atoms with Gasteiger partial charge in [0.05, 0.1) is 19.8 Å². The van der Waals surface area contributed by atoms with Gasteiger partial charge < -0.3 is 24.4 Å². The molecule has 0 saturated carbocycles. The zero-order valence-corrected chi connectivity index (χ0v) is 19.6. The van der Waals surface area contributed by atoms with Gasteiger partial charge in [-0.3, -0.25) is 9.59 Å². The highest BCUT2D eigenvalue weighted by Gasteiger charge is 2.42. The molecule has 2 aliphatic rings. The number of esters is 1. The zero-order valence-electron chi connectivity index (χ0n) is 19.6. The Balaban J connectivity index is 1.53. The van der Waals surface area contributed by atoms with Gasteiger partial charge in [0, 0.05) is 30.3 Å². The number of pyridine rings is 1. The van der Waals surface area contributed by atoms with E-state index in [1.165, 1.54) is 25.4 Å². The Kier molecular flexibility index (Phi) is 6.54. The lowest BCUT2D eigenvalue weighted by Gasteiger charge is -2.28. The van der Waals surface area contributed by atoms with Gasteiger partial charge in [-0.15, -0.1) is 0 Å². The molecule has 0 bridgehead atoms. The Labute approximate surface area is 197 Å². The van der Waals surface area contributed by atoms with Gasteiger partial charge in [0.15, 0.2) is 5.76 Å². The number of benzene rings is 1. The van der Waals surface area contributed by atoms with E-state index in [0.29, 0.717) is 30.9 Å². The summed E-state index contributed by atoms with van der Waals surface area (Å²) in [5.41, 5.74) is 1.99. The molecule has 0 fully saturated rings. The molecule has 3 heterocycles. The second-order valence-corrected chi connectivity index (χ2v) is 8.64. The fraction of sp³-hybridized carbons (Fsp3) is 0.360. The van der Waals surface area contributed by atoms with E-state index >= 15 is 0 Å². The Hall–Kier alpha value is -3.88. The monoisotopic (exact) mass is 465 g/mol. The Morgan fingerprint density at radius 2 is 2.00 bits per heavy atom. The summed E-state index contributed by atoms with van der Waals surface area (Å²) in [6.45, 7) is 4.29. The highest BCUT2D eigenvalue weighted by Crippen LogP contribution is 2.40. The second kappa shape index (κ2) is 9.54. The lowest BCUT2D eigenvalue weighted by atomic mass is 10.00. The minimum Gasteiger partial charge on any atom is -0.496 e. The number of carbonyl (C=O) groups is 3. The largest absolute Gasteiger partial charge is 0.496 e. The topological polar surface area (TPSA) is 107 Å². The van der Waals surface area contributed by atoms with Gasteiger partial charge in [-0.2, -0.15) is 0 Å². The maximum atomic E-state index is 13.3. The Bertz CT molecular complexity index is 1160. The number of carbonyl (C=O) groups excluding carboxylic acids is 3. The summed E-state index contributed by atoms with van der Waals surface area (Å²) in [7, 11) is 2.88. The SMILES string of the molecule is COC(=O)c1ccc(NC(=O)[C@H](CC(C)C)N2CC3=C(Oc4cccc(OC)c4C3)C2=O)nc1. The third kappa shape index (κ3) is 4.46. The molecule has 34 heavy (non-hydrogen) atoms. The molecule has 0 unspecified atom stereocenters. The fourth-order valence-corrected chi connectivity index (χ4v) is 4.20. The third-order valence-corrected chi connectivity index (χ3v) is 5.86. The molecule has 0 aliphatic carbocycles. The smallest absolute Gasteiger partial charge is 0.339 e. The molecule has 1 aromatic carbocycles. The van der Waals surface area contributed by atoms with Crippen molar-refractivity contribution in [3.8, 4) is 11.5 Å². The summed E-state index contributed by atoms with van der Waals surface area (Å²) in [5.74, 6) is 0.843. The summed E-state index contributed by atoms with van der Waals surface area (Å²) in [4.78, 5) is 43.9. The van der Waals surface area contributed by atoms with Crippen molar-refractivity contribution in [2.24, 2.45) is 5.92 Å². The first kappa shape index (κ1) is 23.3. The molecular weight excluding hydrogens is 438 g/mol. The predicted molar refractivity (Wildman–Crippen MR) is 124 cm³/mol. The van der Waals surface area contributed by atoms with E-state index < -0.39 is 12.0 Å². The van der Waals surface area contributed by atoms with Crippen LogP contribution < -0.4 is 14.8 Å². The number of anilines is 1. The second-order valence-electron chi connectivity index (χ2n) is 8.64. The van der Waals surface area contributed by atoms with E-state index in [1.54, 1.807) is 18.1 Å². The number of hydrogen-bond donors (Lipinski definition) is 1.